The molecule has 0 radical (unpaired) electrons. The summed E-state index contributed by atoms with van der Waals surface area (Å²) < 4.78 is 5.03. The first-order valence-corrected chi connectivity index (χ1v) is 6.59. The van der Waals surface area contributed by atoms with Crippen LogP contribution in [0.2, 0.25) is 0 Å². The molecular formula is C15H21NO4. The number of ether oxygens (including phenoxy) is 1. The van der Waals surface area contributed by atoms with Crippen molar-refractivity contribution in [3.63, 3.8) is 0 Å². The average molecular weight is 279 g/mol. The molecule has 0 saturated carbocycles. The van der Waals surface area contributed by atoms with E-state index in [1.807, 2.05) is 13.8 Å². The van der Waals surface area contributed by atoms with E-state index in [1.165, 1.54) is 0 Å². The molecule has 5 heteroatoms. The summed E-state index contributed by atoms with van der Waals surface area (Å²) in [6, 6.07) is 6.25. The van der Waals surface area contributed by atoms with Gasteiger partial charge in [0.25, 0.3) is 0 Å². The van der Waals surface area contributed by atoms with Crippen LogP contribution in [0.3, 0.4) is 0 Å². The maximum atomic E-state index is 11.9. The normalized spacial score (nSPS) is 12.2. The Balaban J connectivity index is 2.48. The van der Waals surface area contributed by atoms with Crippen molar-refractivity contribution in [1.29, 1.82) is 0 Å². The van der Waals surface area contributed by atoms with E-state index in [9.17, 15) is 9.59 Å². The molecule has 20 heavy (non-hydrogen) atoms. The number of carbonyl (C=O) groups is 2. The molecular weight excluding hydrogens is 258 g/mol. The first-order valence-electron chi connectivity index (χ1n) is 6.59. The number of aliphatic carboxylic acids is 1. The number of carbonyl (C=O) groups excluding carboxylic acids is 1. The maximum absolute atomic E-state index is 11.9. The van der Waals surface area contributed by atoms with Gasteiger partial charge in [0, 0.05) is 18.5 Å². The molecule has 0 fully saturated rings. The molecule has 0 heterocycles. The van der Waals surface area contributed by atoms with Crippen LogP contribution in [0.1, 0.15) is 30.6 Å². The van der Waals surface area contributed by atoms with Crippen LogP contribution in [0.5, 0.6) is 5.75 Å². The summed E-state index contributed by atoms with van der Waals surface area (Å²) in [5.41, 5.74) is 0.601. The molecule has 0 aromatic heterocycles. The number of methoxy groups -OCH3 is 1. The zero-order chi connectivity index (χ0) is 15.1. The van der Waals surface area contributed by atoms with E-state index in [0.717, 1.165) is 0 Å². The molecule has 0 aliphatic rings. The van der Waals surface area contributed by atoms with Gasteiger partial charge in [-0.15, -0.1) is 0 Å². The smallest absolute Gasteiger partial charge is 0.320 e. The number of carboxylic acids is 1. The Kier molecular flexibility index (Phi) is 6.18. The van der Waals surface area contributed by atoms with Gasteiger partial charge in [-0.2, -0.15) is 0 Å². The standard InChI is InChI=1S/C15H21NO4/c1-10(2)14(15(18)19)16-9-8-13(17)11-4-6-12(20-3)7-5-11/h4-7,10,14,16H,8-9H2,1-3H3,(H,18,19)/t14-/m0/s1. The highest BCUT2D eigenvalue weighted by Gasteiger charge is 2.20. The highest BCUT2D eigenvalue weighted by Crippen LogP contribution is 2.12. The lowest BCUT2D eigenvalue weighted by Gasteiger charge is -2.17. The second kappa shape index (κ2) is 7.65. The van der Waals surface area contributed by atoms with Crippen LogP contribution < -0.4 is 10.1 Å². The van der Waals surface area contributed by atoms with Gasteiger partial charge in [0.15, 0.2) is 5.78 Å². The molecule has 0 spiro atoms. The number of ketones is 1. The molecule has 0 aliphatic heterocycles. The van der Waals surface area contributed by atoms with E-state index in [4.69, 9.17) is 9.84 Å². The Hall–Kier alpha value is -1.88. The molecule has 2 N–H and O–H groups in total. The van der Waals surface area contributed by atoms with Crippen LogP contribution >= 0.6 is 0 Å². The third-order valence-electron chi connectivity index (χ3n) is 3.06. The summed E-state index contributed by atoms with van der Waals surface area (Å²) in [5.74, 6) is -0.237. The van der Waals surface area contributed by atoms with Crippen LogP contribution in [0.15, 0.2) is 24.3 Å². The minimum absolute atomic E-state index is 0.0203. The summed E-state index contributed by atoms with van der Waals surface area (Å²) in [6.07, 6.45) is 0.267. The fraction of sp³-hybridized carbons (Fsp3) is 0.467. The van der Waals surface area contributed by atoms with Gasteiger partial charge < -0.3 is 15.2 Å². The number of carboxylic acid groups (broad SMARTS) is 1. The predicted molar refractivity (Wildman–Crippen MR) is 76.2 cm³/mol. The molecule has 5 nitrogen and oxygen atoms in total. The molecule has 1 aromatic carbocycles. The first-order chi connectivity index (χ1) is 9.45. The van der Waals surface area contributed by atoms with Gasteiger partial charge in [-0.25, -0.2) is 0 Å². The van der Waals surface area contributed by atoms with Gasteiger partial charge in [-0.3, -0.25) is 9.59 Å². The van der Waals surface area contributed by atoms with Crippen molar-refractivity contribution in [2.75, 3.05) is 13.7 Å². The number of hydrogen-bond acceptors (Lipinski definition) is 4. The average Bonchev–Trinajstić information content (AvgIpc) is 2.42. The van der Waals surface area contributed by atoms with Crippen molar-refractivity contribution in [3.05, 3.63) is 29.8 Å². The molecule has 0 saturated heterocycles. The molecule has 110 valence electrons. The maximum Gasteiger partial charge on any atom is 0.320 e. The second-order valence-electron chi connectivity index (χ2n) is 4.92. The summed E-state index contributed by atoms with van der Waals surface area (Å²) in [5, 5.41) is 11.9. The monoisotopic (exact) mass is 279 g/mol. The second-order valence-corrected chi connectivity index (χ2v) is 4.92. The van der Waals surface area contributed by atoms with E-state index in [1.54, 1.807) is 31.4 Å². The third kappa shape index (κ3) is 4.66. The number of rotatable bonds is 8. The van der Waals surface area contributed by atoms with Crippen molar-refractivity contribution in [1.82, 2.24) is 5.32 Å². The van der Waals surface area contributed by atoms with Gasteiger partial charge in [-0.05, 0) is 30.2 Å². The lowest BCUT2D eigenvalue weighted by molar-refractivity contribution is -0.140. The van der Waals surface area contributed by atoms with E-state index >= 15 is 0 Å². The van der Waals surface area contributed by atoms with Crippen molar-refractivity contribution in [2.24, 2.45) is 5.92 Å². The largest absolute Gasteiger partial charge is 0.497 e. The molecule has 1 rings (SSSR count). The Morgan fingerprint density at radius 3 is 2.30 bits per heavy atom. The topological polar surface area (TPSA) is 75.6 Å². The van der Waals surface area contributed by atoms with Crippen molar-refractivity contribution in [2.45, 2.75) is 26.3 Å². The van der Waals surface area contributed by atoms with Crippen LogP contribution in [-0.2, 0) is 4.79 Å². The van der Waals surface area contributed by atoms with E-state index in [-0.39, 0.29) is 18.1 Å². The van der Waals surface area contributed by atoms with Gasteiger partial charge in [-0.1, -0.05) is 13.8 Å². The predicted octanol–water partition coefficient (Wildman–Crippen LogP) is 1.97. The summed E-state index contributed by atoms with van der Waals surface area (Å²) >= 11 is 0. The number of Topliss-reactive ketones (excluding diaryl/α,β-unsaturated/α-hetero) is 1. The highest BCUT2D eigenvalue weighted by molar-refractivity contribution is 5.96. The Bertz CT molecular complexity index is 453. The SMILES string of the molecule is COc1ccc(C(=O)CCN[C@H](C(=O)O)C(C)C)cc1. The van der Waals surface area contributed by atoms with Crippen LogP contribution in [-0.4, -0.2) is 36.6 Å². The van der Waals surface area contributed by atoms with Crippen molar-refractivity contribution >= 4 is 11.8 Å². The minimum atomic E-state index is -0.892. The van der Waals surface area contributed by atoms with Crippen molar-refractivity contribution in [3.8, 4) is 5.75 Å². The van der Waals surface area contributed by atoms with Gasteiger partial charge in [0.05, 0.1) is 7.11 Å². The van der Waals surface area contributed by atoms with Crippen LogP contribution in [0, 0.1) is 5.92 Å². The first kappa shape index (κ1) is 16.2. The minimum Gasteiger partial charge on any atom is -0.497 e. The number of hydrogen-bond donors (Lipinski definition) is 2. The molecule has 1 atom stereocenters. The summed E-state index contributed by atoms with van der Waals surface area (Å²) in [7, 11) is 1.57. The molecule has 1 aromatic rings. The number of benzene rings is 1. The van der Waals surface area contributed by atoms with Crippen LogP contribution in [0.4, 0.5) is 0 Å². The highest BCUT2D eigenvalue weighted by atomic mass is 16.5. The van der Waals surface area contributed by atoms with E-state index in [0.29, 0.717) is 17.9 Å². The van der Waals surface area contributed by atoms with E-state index < -0.39 is 12.0 Å². The Labute approximate surface area is 118 Å². The zero-order valence-corrected chi connectivity index (χ0v) is 12.1. The lowest BCUT2D eigenvalue weighted by atomic mass is 10.0. The fourth-order valence-corrected chi connectivity index (χ4v) is 1.87. The molecule has 0 amide bonds. The van der Waals surface area contributed by atoms with E-state index in [2.05, 4.69) is 5.32 Å². The quantitative estimate of drug-likeness (QED) is 0.711. The molecule has 0 bridgehead atoms. The molecule has 0 unspecified atom stereocenters. The van der Waals surface area contributed by atoms with Crippen LogP contribution in [0.25, 0.3) is 0 Å². The van der Waals surface area contributed by atoms with Gasteiger partial charge in [0.2, 0.25) is 0 Å². The molecule has 0 aliphatic carbocycles. The Morgan fingerprint density at radius 1 is 1.25 bits per heavy atom. The third-order valence-corrected chi connectivity index (χ3v) is 3.06. The fourth-order valence-electron chi connectivity index (χ4n) is 1.87. The lowest BCUT2D eigenvalue weighted by Crippen LogP contribution is -2.41. The number of nitrogens with one attached hydrogen (secondary N) is 1. The van der Waals surface area contributed by atoms with Gasteiger partial charge in [0.1, 0.15) is 11.8 Å². The van der Waals surface area contributed by atoms with Crippen molar-refractivity contribution < 1.29 is 19.4 Å². The van der Waals surface area contributed by atoms with Gasteiger partial charge >= 0.3 is 5.97 Å². The zero-order valence-electron chi connectivity index (χ0n) is 12.1. The summed E-state index contributed by atoms with van der Waals surface area (Å²) in [6.45, 7) is 4.01. The summed E-state index contributed by atoms with van der Waals surface area (Å²) in [4.78, 5) is 22.9. The Morgan fingerprint density at radius 2 is 1.85 bits per heavy atom.